The van der Waals surface area contributed by atoms with E-state index in [2.05, 4.69) is 9.97 Å². The number of likely N-dealkylation sites (N-methyl/N-ethyl adjacent to an activating group) is 1. The van der Waals surface area contributed by atoms with E-state index in [9.17, 15) is 9.59 Å². The zero-order valence-corrected chi connectivity index (χ0v) is 18.3. The predicted molar refractivity (Wildman–Crippen MR) is 121 cm³/mol. The molecule has 0 saturated carbocycles. The minimum atomic E-state index is -1.19. The van der Waals surface area contributed by atoms with Gasteiger partial charge in [0.2, 0.25) is 0 Å². The molecule has 0 unspecified atom stereocenters. The molecule has 1 aliphatic rings. The van der Waals surface area contributed by atoms with Crippen LogP contribution in [0.15, 0.2) is 73.2 Å². The SMILES string of the molecule is CN(C)C(=O)[C@]1(Cc2ccccc2-c2ccccc2)CN(C(=O)c2cnccn2)CCO1. The first-order chi connectivity index (χ1) is 15.5. The summed E-state index contributed by atoms with van der Waals surface area (Å²) in [6.45, 7) is 0.791. The Morgan fingerprint density at radius 1 is 1.06 bits per heavy atom. The Bertz CT molecular complexity index is 1090. The van der Waals surface area contributed by atoms with Gasteiger partial charge in [-0.25, -0.2) is 4.98 Å². The standard InChI is InChI=1S/C25H26N4O3/c1-28(2)24(31)25(16-20-10-6-7-11-21(20)19-8-4-3-5-9-19)18-29(14-15-32-25)23(30)22-17-26-12-13-27-22/h3-13,17H,14-16,18H2,1-2H3/t25-/m0/s1. The maximum absolute atomic E-state index is 13.4. The molecule has 1 aliphatic heterocycles. The predicted octanol–water partition coefficient (Wildman–Crippen LogP) is 2.69. The third kappa shape index (κ3) is 4.38. The summed E-state index contributed by atoms with van der Waals surface area (Å²) in [6, 6.07) is 18.1. The molecule has 4 rings (SSSR count). The van der Waals surface area contributed by atoms with Gasteiger partial charge >= 0.3 is 0 Å². The third-order valence-corrected chi connectivity index (χ3v) is 5.63. The lowest BCUT2D eigenvalue weighted by atomic mass is 9.87. The number of rotatable bonds is 5. The highest BCUT2D eigenvalue weighted by Crippen LogP contribution is 2.31. The summed E-state index contributed by atoms with van der Waals surface area (Å²) in [5.74, 6) is -0.425. The van der Waals surface area contributed by atoms with Crippen molar-refractivity contribution < 1.29 is 14.3 Å². The van der Waals surface area contributed by atoms with Gasteiger partial charge in [0.25, 0.3) is 11.8 Å². The van der Waals surface area contributed by atoms with Gasteiger partial charge in [-0.3, -0.25) is 14.6 Å². The topological polar surface area (TPSA) is 75.6 Å². The molecular weight excluding hydrogens is 404 g/mol. The first-order valence-corrected chi connectivity index (χ1v) is 10.5. The number of carbonyl (C=O) groups is 2. The van der Waals surface area contributed by atoms with Crippen LogP contribution >= 0.6 is 0 Å². The number of benzene rings is 2. The van der Waals surface area contributed by atoms with E-state index in [1.165, 1.54) is 23.5 Å². The molecule has 1 saturated heterocycles. The molecule has 0 bridgehead atoms. The summed E-state index contributed by atoms with van der Waals surface area (Å²) in [4.78, 5) is 37.8. The van der Waals surface area contributed by atoms with Gasteiger partial charge in [0.15, 0.2) is 5.60 Å². The molecule has 3 aromatic rings. The number of nitrogens with zero attached hydrogens (tertiary/aromatic N) is 4. The fraction of sp³-hybridized carbons (Fsp3) is 0.280. The van der Waals surface area contributed by atoms with Crippen molar-refractivity contribution in [2.45, 2.75) is 12.0 Å². The summed E-state index contributed by atoms with van der Waals surface area (Å²) in [5, 5.41) is 0. The van der Waals surface area contributed by atoms with Gasteiger partial charge in [-0.1, -0.05) is 54.6 Å². The van der Waals surface area contributed by atoms with Crippen molar-refractivity contribution in [2.24, 2.45) is 0 Å². The zero-order chi connectivity index (χ0) is 22.6. The molecule has 1 aromatic heterocycles. The lowest BCUT2D eigenvalue weighted by Crippen LogP contribution is -2.61. The van der Waals surface area contributed by atoms with Crippen molar-refractivity contribution in [3.63, 3.8) is 0 Å². The highest BCUT2D eigenvalue weighted by molar-refractivity contribution is 5.93. The Balaban J connectivity index is 1.70. The minimum Gasteiger partial charge on any atom is -0.361 e. The number of amides is 2. The van der Waals surface area contributed by atoms with E-state index in [-0.39, 0.29) is 30.7 Å². The Morgan fingerprint density at radius 2 is 1.81 bits per heavy atom. The van der Waals surface area contributed by atoms with Crippen LogP contribution < -0.4 is 0 Å². The maximum Gasteiger partial charge on any atom is 0.274 e. The molecule has 32 heavy (non-hydrogen) atoms. The van der Waals surface area contributed by atoms with Crippen LogP contribution in [0, 0.1) is 0 Å². The Hall–Kier alpha value is -3.58. The molecule has 7 nitrogen and oxygen atoms in total. The second kappa shape index (κ2) is 9.28. The minimum absolute atomic E-state index is 0.141. The van der Waals surface area contributed by atoms with Gasteiger partial charge in [0.05, 0.1) is 19.3 Å². The van der Waals surface area contributed by atoms with Gasteiger partial charge in [-0.15, -0.1) is 0 Å². The van der Waals surface area contributed by atoms with Crippen LogP contribution in [0.4, 0.5) is 0 Å². The fourth-order valence-electron chi connectivity index (χ4n) is 4.13. The van der Waals surface area contributed by atoms with Crippen molar-refractivity contribution in [3.05, 3.63) is 84.4 Å². The monoisotopic (exact) mass is 430 g/mol. The molecule has 2 heterocycles. The van der Waals surface area contributed by atoms with Crippen molar-refractivity contribution in [3.8, 4) is 11.1 Å². The largest absolute Gasteiger partial charge is 0.361 e. The quantitative estimate of drug-likeness (QED) is 0.622. The summed E-state index contributed by atoms with van der Waals surface area (Å²) in [7, 11) is 3.42. The van der Waals surface area contributed by atoms with Crippen molar-refractivity contribution >= 4 is 11.8 Å². The normalized spacial score (nSPS) is 18.2. The number of aromatic nitrogens is 2. The Morgan fingerprint density at radius 3 is 2.53 bits per heavy atom. The van der Waals surface area contributed by atoms with E-state index in [0.717, 1.165) is 16.7 Å². The number of carbonyl (C=O) groups excluding carboxylic acids is 2. The number of morpholine rings is 1. The molecule has 0 radical (unpaired) electrons. The average molecular weight is 431 g/mol. The Kier molecular flexibility index (Phi) is 6.28. The van der Waals surface area contributed by atoms with E-state index in [1.54, 1.807) is 19.0 Å². The highest BCUT2D eigenvalue weighted by atomic mass is 16.5. The highest BCUT2D eigenvalue weighted by Gasteiger charge is 2.46. The Labute approximate surface area is 187 Å². The van der Waals surface area contributed by atoms with Gasteiger partial charge in [0, 0.05) is 39.5 Å². The van der Waals surface area contributed by atoms with Crippen LogP contribution in [0.5, 0.6) is 0 Å². The van der Waals surface area contributed by atoms with E-state index < -0.39 is 5.60 Å². The van der Waals surface area contributed by atoms with Crippen LogP contribution in [-0.4, -0.2) is 71.0 Å². The van der Waals surface area contributed by atoms with E-state index in [4.69, 9.17) is 4.74 Å². The summed E-state index contributed by atoms with van der Waals surface area (Å²) in [5.41, 5.74) is 2.16. The fourth-order valence-corrected chi connectivity index (χ4v) is 4.13. The van der Waals surface area contributed by atoms with Crippen LogP contribution in [0.2, 0.25) is 0 Å². The molecule has 0 aliphatic carbocycles. The molecule has 7 heteroatoms. The van der Waals surface area contributed by atoms with Crippen molar-refractivity contribution in [2.75, 3.05) is 33.8 Å². The van der Waals surface area contributed by atoms with Gasteiger partial charge < -0.3 is 14.5 Å². The number of hydrogen-bond acceptors (Lipinski definition) is 5. The molecule has 1 fully saturated rings. The number of ether oxygens (including phenoxy) is 1. The lowest BCUT2D eigenvalue weighted by Gasteiger charge is -2.43. The van der Waals surface area contributed by atoms with Crippen LogP contribution in [0.3, 0.4) is 0 Å². The van der Waals surface area contributed by atoms with Crippen LogP contribution in [-0.2, 0) is 16.0 Å². The zero-order valence-electron chi connectivity index (χ0n) is 18.3. The van der Waals surface area contributed by atoms with Gasteiger partial charge in [-0.05, 0) is 16.7 Å². The second-order valence-electron chi connectivity index (χ2n) is 8.06. The molecule has 1 atom stereocenters. The van der Waals surface area contributed by atoms with E-state index >= 15 is 0 Å². The summed E-state index contributed by atoms with van der Waals surface area (Å²) < 4.78 is 6.18. The molecule has 2 aromatic carbocycles. The lowest BCUT2D eigenvalue weighted by molar-refractivity contribution is -0.165. The maximum atomic E-state index is 13.4. The summed E-state index contributed by atoms with van der Waals surface area (Å²) >= 11 is 0. The molecule has 2 amide bonds. The molecular formula is C25H26N4O3. The first-order valence-electron chi connectivity index (χ1n) is 10.5. The third-order valence-electron chi connectivity index (χ3n) is 5.63. The van der Waals surface area contributed by atoms with Crippen molar-refractivity contribution in [1.82, 2.24) is 19.8 Å². The van der Waals surface area contributed by atoms with Crippen LogP contribution in [0.1, 0.15) is 16.1 Å². The van der Waals surface area contributed by atoms with Crippen LogP contribution in [0.25, 0.3) is 11.1 Å². The van der Waals surface area contributed by atoms with Crippen molar-refractivity contribution in [1.29, 1.82) is 0 Å². The molecule has 164 valence electrons. The molecule has 0 spiro atoms. The average Bonchev–Trinajstić information content (AvgIpc) is 2.84. The summed E-state index contributed by atoms with van der Waals surface area (Å²) in [6.07, 6.45) is 4.80. The number of hydrogen-bond donors (Lipinski definition) is 0. The van der Waals surface area contributed by atoms with E-state index in [0.29, 0.717) is 13.0 Å². The van der Waals surface area contributed by atoms with Gasteiger partial charge in [-0.2, -0.15) is 0 Å². The smallest absolute Gasteiger partial charge is 0.274 e. The molecule has 0 N–H and O–H groups in total. The first kappa shape index (κ1) is 21.6. The van der Waals surface area contributed by atoms with Gasteiger partial charge in [0.1, 0.15) is 5.69 Å². The second-order valence-corrected chi connectivity index (χ2v) is 8.06. The van der Waals surface area contributed by atoms with E-state index in [1.807, 2.05) is 54.6 Å².